The molecule has 2 aromatic carbocycles. The Hall–Kier alpha value is -1.90. The molecule has 0 bridgehead atoms. The standard InChI is InChI=1S/C23H26BrFN2O3S/c1-4-29-22(28)16-6-9-21-20(13-16)26-23(27(21)10-5-11-30-15(2)3)31-14-17-12-18(25)7-8-19(17)24/h6-9,12-13,15H,4-5,10-11,14H2,1-3H3. The molecule has 0 spiro atoms. The zero-order chi connectivity index (χ0) is 22.4. The summed E-state index contributed by atoms with van der Waals surface area (Å²) >= 11 is 5.02. The fourth-order valence-corrected chi connectivity index (χ4v) is 4.72. The first kappa shape index (κ1) is 23.8. The third-order valence-electron chi connectivity index (χ3n) is 4.57. The maximum Gasteiger partial charge on any atom is 0.338 e. The highest BCUT2D eigenvalue weighted by Crippen LogP contribution is 2.30. The third kappa shape index (κ3) is 6.30. The van der Waals surface area contributed by atoms with Crippen LogP contribution in [0.1, 0.15) is 43.1 Å². The second-order valence-corrected chi connectivity index (χ2v) is 9.06. The van der Waals surface area contributed by atoms with E-state index in [1.165, 1.54) is 23.9 Å². The van der Waals surface area contributed by atoms with Crippen molar-refractivity contribution >= 4 is 44.7 Å². The molecule has 0 unspecified atom stereocenters. The average Bonchev–Trinajstić information content (AvgIpc) is 3.08. The highest BCUT2D eigenvalue weighted by atomic mass is 79.9. The number of hydrogen-bond acceptors (Lipinski definition) is 5. The maximum atomic E-state index is 13.7. The number of imidazole rings is 1. The monoisotopic (exact) mass is 508 g/mol. The summed E-state index contributed by atoms with van der Waals surface area (Å²) in [5.41, 5.74) is 3.01. The first-order chi connectivity index (χ1) is 14.9. The van der Waals surface area contributed by atoms with Gasteiger partial charge < -0.3 is 14.0 Å². The van der Waals surface area contributed by atoms with E-state index < -0.39 is 0 Å². The summed E-state index contributed by atoms with van der Waals surface area (Å²) in [5.74, 6) is -0.0612. The van der Waals surface area contributed by atoms with Gasteiger partial charge in [-0.3, -0.25) is 0 Å². The van der Waals surface area contributed by atoms with Crippen LogP contribution in [0.4, 0.5) is 4.39 Å². The number of carbonyl (C=O) groups excluding carboxylic acids is 1. The minimum Gasteiger partial charge on any atom is -0.462 e. The van der Waals surface area contributed by atoms with Gasteiger partial charge in [-0.05, 0) is 69.2 Å². The Morgan fingerprint density at radius 1 is 1.26 bits per heavy atom. The van der Waals surface area contributed by atoms with Crippen molar-refractivity contribution in [1.82, 2.24) is 9.55 Å². The summed E-state index contributed by atoms with van der Waals surface area (Å²) in [7, 11) is 0. The van der Waals surface area contributed by atoms with Gasteiger partial charge in [0, 0.05) is 23.4 Å². The Morgan fingerprint density at radius 2 is 2.06 bits per heavy atom. The predicted octanol–water partition coefficient (Wildman–Crippen LogP) is 6.22. The zero-order valence-corrected chi connectivity index (χ0v) is 20.3. The second-order valence-electron chi connectivity index (χ2n) is 7.27. The van der Waals surface area contributed by atoms with Crippen LogP contribution in [0, 0.1) is 5.82 Å². The molecule has 0 N–H and O–H groups in total. The number of nitrogens with zero attached hydrogens (tertiary/aromatic N) is 2. The molecule has 8 heteroatoms. The number of aryl methyl sites for hydroxylation is 1. The zero-order valence-electron chi connectivity index (χ0n) is 17.9. The van der Waals surface area contributed by atoms with Gasteiger partial charge in [0.05, 0.1) is 29.3 Å². The summed E-state index contributed by atoms with van der Waals surface area (Å²) in [5, 5.41) is 0.816. The fraction of sp³-hybridized carbons (Fsp3) is 0.391. The fourth-order valence-electron chi connectivity index (χ4n) is 3.11. The van der Waals surface area contributed by atoms with E-state index in [2.05, 4.69) is 20.5 Å². The molecule has 0 saturated heterocycles. The van der Waals surface area contributed by atoms with E-state index in [0.717, 1.165) is 39.2 Å². The Bertz CT molecular complexity index is 1050. The first-order valence-electron chi connectivity index (χ1n) is 10.2. The number of thioether (sulfide) groups is 1. The van der Waals surface area contributed by atoms with E-state index in [4.69, 9.17) is 14.5 Å². The highest BCUT2D eigenvalue weighted by molar-refractivity contribution is 9.10. The van der Waals surface area contributed by atoms with Crippen molar-refractivity contribution in [1.29, 1.82) is 0 Å². The smallest absolute Gasteiger partial charge is 0.338 e. The molecule has 3 rings (SSSR count). The predicted molar refractivity (Wildman–Crippen MR) is 125 cm³/mol. The van der Waals surface area contributed by atoms with Gasteiger partial charge >= 0.3 is 5.97 Å². The lowest BCUT2D eigenvalue weighted by atomic mass is 10.2. The van der Waals surface area contributed by atoms with Crippen LogP contribution in [0.25, 0.3) is 11.0 Å². The van der Waals surface area contributed by atoms with E-state index in [1.54, 1.807) is 25.1 Å². The normalized spacial score (nSPS) is 11.4. The van der Waals surface area contributed by atoms with Gasteiger partial charge in [-0.25, -0.2) is 14.2 Å². The number of hydrogen-bond donors (Lipinski definition) is 0. The number of aromatic nitrogens is 2. The van der Waals surface area contributed by atoms with Crippen LogP contribution in [-0.2, 0) is 21.8 Å². The minimum atomic E-state index is -0.359. The lowest BCUT2D eigenvalue weighted by Crippen LogP contribution is -2.08. The lowest BCUT2D eigenvalue weighted by Gasteiger charge is -2.11. The molecule has 5 nitrogen and oxygen atoms in total. The molecular weight excluding hydrogens is 483 g/mol. The van der Waals surface area contributed by atoms with Crippen molar-refractivity contribution in [3.63, 3.8) is 0 Å². The molecule has 0 saturated carbocycles. The topological polar surface area (TPSA) is 53.3 Å². The molecule has 0 aliphatic carbocycles. The Morgan fingerprint density at radius 3 is 2.81 bits per heavy atom. The molecule has 166 valence electrons. The SMILES string of the molecule is CCOC(=O)c1ccc2c(c1)nc(SCc1cc(F)ccc1Br)n2CCCOC(C)C. The number of fused-ring (bicyclic) bond motifs is 1. The second kappa shape index (κ2) is 11.1. The quantitative estimate of drug-likeness (QED) is 0.185. The van der Waals surface area contributed by atoms with Crippen molar-refractivity contribution < 1.29 is 18.7 Å². The van der Waals surface area contributed by atoms with Crippen molar-refractivity contribution in [2.45, 2.75) is 50.8 Å². The van der Waals surface area contributed by atoms with Crippen LogP contribution in [0.3, 0.4) is 0 Å². The Kier molecular flexibility index (Phi) is 8.51. The summed E-state index contributed by atoms with van der Waals surface area (Å²) < 4.78 is 27.4. The summed E-state index contributed by atoms with van der Waals surface area (Å²) in [6.45, 7) is 7.52. The Balaban J connectivity index is 1.87. The van der Waals surface area contributed by atoms with Crippen molar-refractivity contribution in [2.75, 3.05) is 13.2 Å². The van der Waals surface area contributed by atoms with Crippen molar-refractivity contribution in [3.05, 3.63) is 57.8 Å². The molecule has 1 aromatic heterocycles. The molecule has 0 amide bonds. The van der Waals surface area contributed by atoms with E-state index in [0.29, 0.717) is 24.5 Å². The van der Waals surface area contributed by atoms with E-state index in [-0.39, 0.29) is 17.9 Å². The molecule has 0 atom stereocenters. The number of halogens is 2. The molecule has 0 radical (unpaired) electrons. The van der Waals surface area contributed by atoms with E-state index in [9.17, 15) is 9.18 Å². The number of benzene rings is 2. The van der Waals surface area contributed by atoms with Gasteiger partial charge in [-0.15, -0.1) is 0 Å². The third-order valence-corrected chi connectivity index (χ3v) is 6.36. The van der Waals surface area contributed by atoms with Crippen LogP contribution in [0.5, 0.6) is 0 Å². The van der Waals surface area contributed by atoms with Crippen LogP contribution in [0.15, 0.2) is 46.0 Å². The van der Waals surface area contributed by atoms with Crippen LogP contribution in [-0.4, -0.2) is 34.8 Å². The van der Waals surface area contributed by atoms with Gasteiger partial charge in [-0.2, -0.15) is 0 Å². The largest absolute Gasteiger partial charge is 0.462 e. The summed E-state index contributed by atoms with van der Waals surface area (Å²) in [6.07, 6.45) is 1.02. The van der Waals surface area contributed by atoms with Crippen LogP contribution >= 0.6 is 27.7 Å². The number of esters is 1. The number of carbonyl (C=O) groups is 1. The minimum absolute atomic E-state index is 0.186. The molecular formula is C23H26BrFN2O3S. The lowest BCUT2D eigenvalue weighted by molar-refractivity contribution is 0.0526. The molecule has 0 fully saturated rings. The van der Waals surface area contributed by atoms with Crippen molar-refractivity contribution in [3.8, 4) is 0 Å². The number of ether oxygens (including phenoxy) is 2. The van der Waals surface area contributed by atoms with Crippen LogP contribution in [0.2, 0.25) is 0 Å². The molecule has 0 aliphatic rings. The van der Waals surface area contributed by atoms with Gasteiger partial charge in [0.25, 0.3) is 0 Å². The highest BCUT2D eigenvalue weighted by Gasteiger charge is 2.15. The van der Waals surface area contributed by atoms with Crippen molar-refractivity contribution in [2.24, 2.45) is 0 Å². The van der Waals surface area contributed by atoms with Gasteiger partial charge in [0.2, 0.25) is 0 Å². The average molecular weight is 509 g/mol. The van der Waals surface area contributed by atoms with E-state index >= 15 is 0 Å². The molecule has 1 heterocycles. The summed E-state index contributed by atoms with van der Waals surface area (Å²) in [4.78, 5) is 16.9. The van der Waals surface area contributed by atoms with E-state index in [1.807, 2.05) is 19.9 Å². The van der Waals surface area contributed by atoms with Gasteiger partial charge in [-0.1, -0.05) is 27.7 Å². The van der Waals surface area contributed by atoms with Gasteiger partial charge in [0.15, 0.2) is 5.16 Å². The molecule has 0 aliphatic heterocycles. The maximum absolute atomic E-state index is 13.7. The summed E-state index contributed by atoms with van der Waals surface area (Å²) in [6, 6.07) is 10.1. The molecule has 3 aromatic rings. The van der Waals surface area contributed by atoms with Crippen LogP contribution < -0.4 is 0 Å². The van der Waals surface area contributed by atoms with Gasteiger partial charge in [0.1, 0.15) is 5.82 Å². The molecule has 31 heavy (non-hydrogen) atoms. The Labute approximate surface area is 194 Å². The first-order valence-corrected chi connectivity index (χ1v) is 12.0. The number of rotatable bonds is 10.